The number of aromatic nitrogens is 1. The number of nitrogens with zero attached hydrogens (tertiary/aromatic N) is 1. The number of nitrogens with two attached hydrogens (primary N) is 1. The smallest absolute Gasteiger partial charge is 0.345 e. The third-order valence-electron chi connectivity index (χ3n) is 3.75. The van der Waals surface area contributed by atoms with Gasteiger partial charge >= 0.3 is 7.82 Å². The monoisotopic (exact) mass is 485 g/mol. The van der Waals surface area contributed by atoms with Gasteiger partial charge in [-0.05, 0) is 18.1 Å². The minimum Gasteiger partial charge on any atom is -0.345 e. The molecule has 29 heavy (non-hydrogen) atoms. The molecule has 5 N–H and O–H groups in total. The molecule has 0 fully saturated rings. The average Bonchev–Trinajstić information content (AvgIpc) is 3.14. The number of nitrogens with one attached hydrogen (secondary N) is 1. The fourth-order valence-corrected chi connectivity index (χ4v) is 3.99. The summed E-state index contributed by atoms with van der Waals surface area (Å²) in [7, 11) is -5.00. The van der Waals surface area contributed by atoms with E-state index in [9.17, 15) is 23.5 Å². The number of benzene rings is 1. The van der Waals surface area contributed by atoms with E-state index in [2.05, 4.69) is 10.3 Å². The first-order valence-corrected chi connectivity index (χ1v) is 11.4. The molecule has 0 radical (unpaired) electrons. The van der Waals surface area contributed by atoms with Crippen molar-refractivity contribution < 1.29 is 28.1 Å². The lowest BCUT2D eigenvalue weighted by molar-refractivity contribution is -0.121. The lowest BCUT2D eigenvalue weighted by atomic mass is 10.0. The largest absolute Gasteiger partial charge is 0.470 e. The molecule has 0 saturated carbocycles. The second kappa shape index (κ2) is 10.3. The van der Waals surface area contributed by atoms with Gasteiger partial charge in [-0.15, -0.1) is 11.3 Å². The lowest BCUT2D eigenvalue weighted by Crippen LogP contribution is -2.43. The molecule has 0 saturated heterocycles. The van der Waals surface area contributed by atoms with Crippen molar-refractivity contribution in [3.05, 3.63) is 41.0 Å². The number of hydrogen-bond donors (Lipinski definition) is 4. The first kappa shape index (κ1) is 24.2. The van der Waals surface area contributed by atoms with Crippen LogP contribution in [0.3, 0.4) is 0 Å². The Labute approximate surface area is 180 Å². The molecule has 2 rings (SSSR count). The molecule has 2 aromatic rings. The number of phosphoric acid groups is 1. The Kier molecular flexibility index (Phi) is 8.57. The third kappa shape index (κ3) is 6.97. The van der Waals surface area contributed by atoms with E-state index in [1.54, 1.807) is 18.3 Å². The summed E-state index contributed by atoms with van der Waals surface area (Å²) in [5.41, 5.74) is 6.81. The maximum atomic E-state index is 13.6. The van der Waals surface area contributed by atoms with Gasteiger partial charge in [-0.1, -0.05) is 47.5 Å². The van der Waals surface area contributed by atoms with Crippen LogP contribution in [-0.4, -0.2) is 38.2 Å². The molecule has 160 valence electrons. The number of phosphoric ester groups is 1. The molecule has 0 bridgehead atoms. The van der Waals surface area contributed by atoms with Gasteiger partial charge < -0.3 is 20.8 Å². The van der Waals surface area contributed by atoms with Crippen LogP contribution in [0.25, 0.3) is 10.4 Å². The normalized spacial score (nSPS) is 15.2. The van der Waals surface area contributed by atoms with Crippen molar-refractivity contribution in [2.75, 3.05) is 6.67 Å². The number of amides is 1. The summed E-state index contributed by atoms with van der Waals surface area (Å²) < 4.78 is 29.7. The predicted octanol–water partition coefficient (Wildman–Crippen LogP) is 3.24. The van der Waals surface area contributed by atoms with Crippen LogP contribution < -0.4 is 11.1 Å². The highest BCUT2D eigenvalue weighted by molar-refractivity contribution is 7.46. The van der Waals surface area contributed by atoms with E-state index in [0.29, 0.717) is 0 Å². The van der Waals surface area contributed by atoms with E-state index in [0.717, 1.165) is 15.4 Å². The summed E-state index contributed by atoms with van der Waals surface area (Å²) in [5.74, 6) is -0.917. The minimum atomic E-state index is -5.00. The predicted molar refractivity (Wildman–Crippen MR) is 109 cm³/mol. The maximum Gasteiger partial charge on any atom is 0.470 e. The summed E-state index contributed by atoms with van der Waals surface area (Å²) in [6, 6.07) is 4.70. The van der Waals surface area contributed by atoms with Gasteiger partial charge in [0.05, 0.1) is 17.0 Å². The van der Waals surface area contributed by atoms with Gasteiger partial charge in [0.2, 0.25) is 0 Å². The van der Waals surface area contributed by atoms with Crippen molar-refractivity contribution in [2.24, 2.45) is 5.73 Å². The Balaban J connectivity index is 2.32. The molecule has 1 heterocycles. The number of carbonyl (C=O) groups is 1. The fourth-order valence-electron chi connectivity index (χ4n) is 2.42. The second-order valence-corrected chi connectivity index (χ2v) is 9.41. The zero-order valence-electron chi connectivity index (χ0n) is 15.0. The topological polar surface area (TPSA) is 135 Å². The summed E-state index contributed by atoms with van der Waals surface area (Å²) in [6.07, 6.45) is 0.181. The third-order valence-corrected chi connectivity index (χ3v) is 5.89. The van der Waals surface area contributed by atoms with Gasteiger partial charge in [0.1, 0.15) is 17.8 Å². The van der Waals surface area contributed by atoms with Crippen LogP contribution in [0, 0.1) is 0 Å². The van der Waals surface area contributed by atoms with E-state index in [1.165, 1.54) is 23.5 Å². The Hall–Kier alpha value is -1.10. The van der Waals surface area contributed by atoms with Gasteiger partial charge in [-0.3, -0.25) is 9.32 Å². The van der Waals surface area contributed by atoms with Crippen molar-refractivity contribution in [1.82, 2.24) is 10.3 Å². The summed E-state index contributed by atoms with van der Waals surface area (Å²) >= 11 is 12.3. The maximum absolute atomic E-state index is 13.6. The summed E-state index contributed by atoms with van der Waals surface area (Å²) in [5, 5.41) is 2.93. The quantitative estimate of drug-likeness (QED) is 0.316. The highest BCUT2D eigenvalue weighted by Crippen LogP contribution is 2.44. The van der Waals surface area contributed by atoms with E-state index in [1.807, 2.05) is 6.92 Å². The Morgan fingerprint density at radius 1 is 1.38 bits per heavy atom. The number of rotatable bonds is 9. The van der Waals surface area contributed by atoms with Crippen molar-refractivity contribution in [1.29, 1.82) is 0 Å². The van der Waals surface area contributed by atoms with Crippen molar-refractivity contribution in [2.45, 2.75) is 29.9 Å². The van der Waals surface area contributed by atoms with Crippen LogP contribution in [0.1, 0.15) is 29.6 Å². The average molecular weight is 486 g/mol. The molecule has 0 aliphatic carbocycles. The SMILES string of the molecule is CC(N)c1ncc(-c2ccc(C(OP(=O)(O)O)C(CF)NC(=O)C(Cl)Cl)cc2)s1. The van der Waals surface area contributed by atoms with Crippen molar-refractivity contribution >= 4 is 48.3 Å². The number of carbonyl (C=O) groups excluding carboxylic acids is 1. The molecule has 1 amide bonds. The number of thiazole rings is 1. The van der Waals surface area contributed by atoms with Crippen LogP contribution in [0.15, 0.2) is 30.5 Å². The highest BCUT2D eigenvalue weighted by Gasteiger charge is 2.33. The Bertz CT molecular complexity index is 878. The molecule has 1 aromatic carbocycles. The van der Waals surface area contributed by atoms with Crippen molar-refractivity contribution in [3.63, 3.8) is 0 Å². The van der Waals surface area contributed by atoms with E-state index in [4.69, 9.17) is 33.5 Å². The van der Waals surface area contributed by atoms with Gasteiger partial charge in [-0.2, -0.15) is 0 Å². The molecule has 0 spiro atoms. The highest BCUT2D eigenvalue weighted by atomic mass is 35.5. The summed E-state index contributed by atoms with van der Waals surface area (Å²) in [4.78, 5) is 33.7. The molecule has 13 heteroatoms. The van der Waals surface area contributed by atoms with Gasteiger partial charge in [-0.25, -0.2) is 13.9 Å². The molecule has 3 unspecified atom stereocenters. The standard InChI is InChI=1S/C16H19Cl2FN3O5PS/c1-8(20)16-21-7-12(29-16)9-2-4-10(5-3-9)13(27-28(24,25)26)11(6-19)22-15(23)14(17)18/h2-5,7-8,11,13-14H,6,20H2,1H3,(H,22,23)(H2,24,25,26). The van der Waals surface area contributed by atoms with E-state index in [-0.39, 0.29) is 11.6 Å². The van der Waals surface area contributed by atoms with Crippen LogP contribution in [-0.2, 0) is 13.9 Å². The zero-order valence-corrected chi connectivity index (χ0v) is 18.3. The van der Waals surface area contributed by atoms with Crippen LogP contribution in [0.4, 0.5) is 4.39 Å². The molecule has 1 aromatic heterocycles. The number of halogens is 3. The summed E-state index contributed by atoms with van der Waals surface area (Å²) in [6.45, 7) is 0.638. The lowest BCUT2D eigenvalue weighted by Gasteiger charge is -2.27. The minimum absolute atomic E-state index is 0.212. The first-order chi connectivity index (χ1) is 13.5. The zero-order chi connectivity index (χ0) is 21.8. The van der Waals surface area contributed by atoms with Gasteiger partial charge in [0, 0.05) is 6.20 Å². The van der Waals surface area contributed by atoms with Crippen molar-refractivity contribution in [3.8, 4) is 10.4 Å². The number of alkyl halides is 3. The van der Waals surface area contributed by atoms with Crippen LogP contribution in [0.5, 0.6) is 0 Å². The second-order valence-electron chi connectivity index (χ2n) is 6.06. The molecule has 0 aliphatic heterocycles. The van der Waals surface area contributed by atoms with E-state index < -0.39 is 37.4 Å². The molecule has 3 atom stereocenters. The van der Waals surface area contributed by atoms with Crippen LogP contribution >= 0.6 is 42.4 Å². The number of hydrogen-bond acceptors (Lipinski definition) is 6. The van der Waals surface area contributed by atoms with Crippen LogP contribution in [0.2, 0.25) is 0 Å². The van der Waals surface area contributed by atoms with E-state index >= 15 is 0 Å². The van der Waals surface area contributed by atoms with Gasteiger partial charge in [0.25, 0.3) is 5.91 Å². The first-order valence-electron chi connectivity index (χ1n) is 8.22. The Morgan fingerprint density at radius 3 is 2.45 bits per heavy atom. The molecular formula is C16H19Cl2FN3O5PS. The Morgan fingerprint density at radius 2 is 2.00 bits per heavy atom. The van der Waals surface area contributed by atoms with Gasteiger partial charge in [0.15, 0.2) is 4.84 Å². The fraction of sp³-hybridized carbons (Fsp3) is 0.375. The molecule has 0 aliphatic rings. The molecular weight excluding hydrogens is 467 g/mol. The molecule has 8 nitrogen and oxygen atoms in total.